The van der Waals surface area contributed by atoms with E-state index in [4.69, 9.17) is 10.7 Å². The molecule has 1 aromatic carbocycles. The Bertz CT molecular complexity index is 1260. The van der Waals surface area contributed by atoms with Crippen LogP contribution in [0.3, 0.4) is 0 Å². The standard InChI is InChI=1S/C25H34N6O2/c1-18(2)13-16-30-21-22(27-24(30)29-14-8-12-20(26)17-29)31(25(33)28(3)23(21)32)15-7-11-19-9-5-4-6-10-19/h4-6,9-10,13,20H,7-8,11-12,14-17,26H2,1-3H3. The van der Waals surface area contributed by atoms with Crippen LogP contribution in [0.25, 0.3) is 11.2 Å². The number of piperidine rings is 1. The minimum Gasteiger partial charge on any atom is -0.341 e. The SMILES string of the molecule is CC(C)=CCn1c(N2CCCC(N)C2)nc2c1c(=O)n(C)c(=O)n2CCCc1ccccc1. The Morgan fingerprint density at radius 1 is 1.18 bits per heavy atom. The predicted octanol–water partition coefficient (Wildman–Crippen LogP) is 2.42. The maximum absolute atomic E-state index is 13.2. The molecule has 1 unspecified atom stereocenters. The van der Waals surface area contributed by atoms with Crippen molar-refractivity contribution in [3.05, 3.63) is 68.4 Å². The van der Waals surface area contributed by atoms with E-state index in [1.165, 1.54) is 10.1 Å². The van der Waals surface area contributed by atoms with Crippen LogP contribution in [0.5, 0.6) is 0 Å². The number of aromatic nitrogens is 4. The molecule has 0 bridgehead atoms. The Labute approximate surface area is 194 Å². The first-order chi connectivity index (χ1) is 15.9. The topological polar surface area (TPSA) is 91.1 Å². The van der Waals surface area contributed by atoms with E-state index >= 15 is 0 Å². The molecule has 3 heterocycles. The van der Waals surface area contributed by atoms with Gasteiger partial charge in [-0.1, -0.05) is 42.0 Å². The van der Waals surface area contributed by atoms with Crippen LogP contribution in [0.2, 0.25) is 0 Å². The summed E-state index contributed by atoms with van der Waals surface area (Å²) in [4.78, 5) is 33.4. The number of aryl methyl sites for hydroxylation is 2. The van der Waals surface area contributed by atoms with Crippen LogP contribution < -0.4 is 21.9 Å². The summed E-state index contributed by atoms with van der Waals surface area (Å²) in [6.07, 6.45) is 5.68. The highest BCUT2D eigenvalue weighted by molar-refractivity contribution is 5.75. The van der Waals surface area contributed by atoms with Crippen molar-refractivity contribution < 1.29 is 0 Å². The third-order valence-corrected chi connectivity index (χ3v) is 6.32. The quantitative estimate of drug-likeness (QED) is 0.558. The van der Waals surface area contributed by atoms with E-state index in [0.717, 1.165) is 43.7 Å². The smallest absolute Gasteiger partial charge is 0.332 e. The van der Waals surface area contributed by atoms with Gasteiger partial charge in [0.25, 0.3) is 5.56 Å². The molecule has 3 aromatic rings. The van der Waals surface area contributed by atoms with E-state index in [1.54, 1.807) is 11.6 Å². The van der Waals surface area contributed by atoms with Crippen LogP contribution in [0.15, 0.2) is 51.6 Å². The normalized spacial score (nSPS) is 16.4. The fourth-order valence-electron chi connectivity index (χ4n) is 4.51. The monoisotopic (exact) mass is 450 g/mol. The number of anilines is 1. The number of allylic oxidation sites excluding steroid dienone is 2. The van der Waals surface area contributed by atoms with Crippen molar-refractivity contribution in [3.8, 4) is 0 Å². The maximum Gasteiger partial charge on any atom is 0.332 e. The number of hydrogen-bond acceptors (Lipinski definition) is 5. The number of benzene rings is 1. The summed E-state index contributed by atoms with van der Waals surface area (Å²) >= 11 is 0. The van der Waals surface area contributed by atoms with E-state index in [0.29, 0.717) is 30.8 Å². The van der Waals surface area contributed by atoms with Crippen LogP contribution >= 0.6 is 0 Å². The Morgan fingerprint density at radius 3 is 2.64 bits per heavy atom. The second kappa shape index (κ2) is 9.79. The van der Waals surface area contributed by atoms with Gasteiger partial charge < -0.3 is 15.2 Å². The molecule has 0 spiro atoms. The van der Waals surface area contributed by atoms with Gasteiger partial charge in [-0.05, 0) is 45.1 Å². The summed E-state index contributed by atoms with van der Waals surface area (Å²) in [5.41, 5.74) is 8.94. The number of fused-ring (bicyclic) bond motifs is 1. The van der Waals surface area contributed by atoms with Crippen molar-refractivity contribution in [1.82, 2.24) is 18.7 Å². The molecule has 0 amide bonds. The molecule has 8 nitrogen and oxygen atoms in total. The average molecular weight is 451 g/mol. The molecule has 0 saturated carbocycles. The molecular formula is C25H34N6O2. The highest BCUT2D eigenvalue weighted by Gasteiger charge is 2.26. The van der Waals surface area contributed by atoms with Gasteiger partial charge in [-0.15, -0.1) is 0 Å². The molecule has 2 N–H and O–H groups in total. The highest BCUT2D eigenvalue weighted by Crippen LogP contribution is 2.23. The minimum absolute atomic E-state index is 0.0753. The Morgan fingerprint density at radius 2 is 1.94 bits per heavy atom. The van der Waals surface area contributed by atoms with Gasteiger partial charge in [0.1, 0.15) is 0 Å². The average Bonchev–Trinajstić information content (AvgIpc) is 3.18. The van der Waals surface area contributed by atoms with E-state index in [2.05, 4.69) is 23.1 Å². The van der Waals surface area contributed by atoms with Crippen molar-refractivity contribution in [2.45, 2.75) is 58.7 Å². The molecule has 8 heteroatoms. The molecule has 33 heavy (non-hydrogen) atoms. The summed E-state index contributed by atoms with van der Waals surface area (Å²) in [6, 6.07) is 10.3. The van der Waals surface area contributed by atoms with Gasteiger partial charge in [-0.25, -0.2) is 4.79 Å². The van der Waals surface area contributed by atoms with E-state index in [-0.39, 0.29) is 17.3 Å². The number of hydrogen-bond donors (Lipinski definition) is 1. The third kappa shape index (κ3) is 4.80. The number of rotatable bonds is 7. The Balaban J connectivity index is 1.80. The van der Waals surface area contributed by atoms with Crippen molar-refractivity contribution in [2.75, 3.05) is 18.0 Å². The number of imidazole rings is 1. The lowest BCUT2D eigenvalue weighted by Crippen LogP contribution is -2.44. The van der Waals surface area contributed by atoms with Gasteiger partial charge in [0.2, 0.25) is 5.95 Å². The molecule has 176 valence electrons. The summed E-state index contributed by atoms with van der Waals surface area (Å²) in [6.45, 7) is 6.62. The van der Waals surface area contributed by atoms with Gasteiger partial charge >= 0.3 is 5.69 Å². The van der Waals surface area contributed by atoms with Crippen LogP contribution in [0, 0.1) is 0 Å². The zero-order chi connectivity index (χ0) is 23.5. The highest BCUT2D eigenvalue weighted by atomic mass is 16.2. The Kier molecular flexibility index (Phi) is 6.83. The lowest BCUT2D eigenvalue weighted by molar-refractivity contribution is 0.495. The van der Waals surface area contributed by atoms with Gasteiger partial charge in [0.05, 0.1) is 0 Å². The number of nitrogens with two attached hydrogens (primary N) is 1. The van der Waals surface area contributed by atoms with Crippen molar-refractivity contribution >= 4 is 17.1 Å². The maximum atomic E-state index is 13.2. The van der Waals surface area contributed by atoms with Crippen molar-refractivity contribution in [3.63, 3.8) is 0 Å². The van der Waals surface area contributed by atoms with Gasteiger partial charge in [-0.2, -0.15) is 4.98 Å². The van der Waals surface area contributed by atoms with E-state index in [1.807, 2.05) is 36.6 Å². The van der Waals surface area contributed by atoms with Crippen LogP contribution in [-0.4, -0.2) is 37.8 Å². The molecule has 2 aromatic heterocycles. The fourth-order valence-corrected chi connectivity index (χ4v) is 4.51. The molecule has 0 radical (unpaired) electrons. The van der Waals surface area contributed by atoms with E-state index < -0.39 is 0 Å². The zero-order valence-electron chi connectivity index (χ0n) is 19.8. The van der Waals surface area contributed by atoms with Crippen molar-refractivity contribution in [1.29, 1.82) is 0 Å². The summed E-state index contributed by atoms with van der Waals surface area (Å²) in [5.74, 6) is 0.720. The van der Waals surface area contributed by atoms with Crippen LogP contribution in [0.4, 0.5) is 5.95 Å². The molecular weight excluding hydrogens is 416 g/mol. The first kappa shape index (κ1) is 23.0. The van der Waals surface area contributed by atoms with Gasteiger partial charge in [0.15, 0.2) is 11.2 Å². The molecule has 1 saturated heterocycles. The molecule has 4 rings (SSSR count). The predicted molar refractivity (Wildman–Crippen MR) is 133 cm³/mol. The number of nitrogens with zero attached hydrogens (tertiary/aromatic N) is 5. The van der Waals surface area contributed by atoms with Crippen molar-refractivity contribution in [2.24, 2.45) is 12.8 Å². The first-order valence-corrected chi connectivity index (χ1v) is 11.7. The largest absolute Gasteiger partial charge is 0.341 e. The summed E-state index contributed by atoms with van der Waals surface area (Å²) in [7, 11) is 1.55. The fraction of sp³-hybridized carbons (Fsp3) is 0.480. The molecule has 0 aliphatic carbocycles. The summed E-state index contributed by atoms with van der Waals surface area (Å²) < 4.78 is 4.82. The lowest BCUT2D eigenvalue weighted by atomic mass is 10.1. The first-order valence-electron chi connectivity index (χ1n) is 11.7. The second-order valence-corrected chi connectivity index (χ2v) is 9.21. The molecule has 1 aliphatic rings. The van der Waals surface area contributed by atoms with Gasteiger partial charge in [0, 0.05) is 39.3 Å². The zero-order valence-corrected chi connectivity index (χ0v) is 19.8. The summed E-state index contributed by atoms with van der Waals surface area (Å²) in [5, 5.41) is 0. The van der Waals surface area contributed by atoms with E-state index in [9.17, 15) is 9.59 Å². The second-order valence-electron chi connectivity index (χ2n) is 9.21. The third-order valence-electron chi connectivity index (χ3n) is 6.32. The Hall–Kier alpha value is -3.13. The lowest BCUT2D eigenvalue weighted by Gasteiger charge is -2.31. The molecule has 1 aliphatic heterocycles. The molecule has 1 atom stereocenters. The molecule has 1 fully saturated rings. The van der Waals surface area contributed by atoms with Crippen LogP contribution in [-0.2, 0) is 26.6 Å². The van der Waals surface area contributed by atoms with Gasteiger partial charge in [-0.3, -0.25) is 13.9 Å². The van der Waals surface area contributed by atoms with Crippen LogP contribution in [0.1, 0.15) is 38.7 Å². The minimum atomic E-state index is -0.325.